The minimum Gasteiger partial charge on any atom is -0.464 e. The van der Waals surface area contributed by atoms with Crippen molar-refractivity contribution in [2.24, 2.45) is 0 Å². The fourth-order valence-corrected chi connectivity index (χ4v) is 5.45. The van der Waals surface area contributed by atoms with Gasteiger partial charge in [0.15, 0.2) is 14.4 Å². The molecule has 1 aromatic heterocycles. The zero-order valence-corrected chi connectivity index (χ0v) is 26.0. The number of aromatic nitrogens is 1. The Morgan fingerprint density at radius 1 is 0.975 bits per heavy atom. The number of nitrogens with one attached hydrogen (secondary N) is 1. The lowest BCUT2D eigenvalue weighted by molar-refractivity contribution is -0.148. The number of rotatable bonds is 11. The molecule has 2 aromatic carbocycles. The third-order valence-electron chi connectivity index (χ3n) is 7.65. The predicted molar refractivity (Wildman–Crippen MR) is 160 cm³/mol. The van der Waals surface area contributed by atoms with Crippen molar-refractivity contribution < 1.29 is 28.6 Å². The van der Waals surface area contributed by atoms with Gasteiger partial charge in [-0.05, 0) is 50.5 Å². The molecule has 3 rings (SSSR count). The molecule has 0 fully saturated rings. The van der Waals surface area contributed by atoms with Gasteiger partial charge in [0.25, 0.3) is 0 Å². The smallest absolute Gasteiger partial charge is 0.408 e. The Morgan fingerprint density at radius 2 is 1.60 bits per heavy atom. The highest BCUT2D eigenvalue weighted by molar-refractivity contribution is 6.74. The predicted octanol–water partition coefficient (Wildman–Crippen LogP) is 6.29. The maximum atomic E-state index is 13.5. The molecule has 1 heterocycles. The van der Waals surface area contributed by atoms with Crippen LogP contribution in [0.2, 0.25) is 18.1 Å². The van der Waals surface area contributed by atoms with Gasteiger partial charge in [-0.25, -0.2) is 9.59 Å². The number of carbonyl (C=O) groups is 2. The van der Waals surface area contributed by atoms with Gasteiger partial charge < -0.3 is 28.9 Å². The normalized spacial score (nSPS) is 14.0. The number of fused-ring (bicyclic) bond motifs is 1. The Bertz CT molecular complexity index is 1300. The molecule has 2 atom stereocenters. The van der Waals surface area contributed by atoms with Gasteiger partial charge in [0.05, 0.1) is 18.8 Å². The van der Waals surface area contributed by atoms with Crippen molar-refractivity contribution in [3.63, 3.8) is 0 Å². The Labute approximate surface area is 238 Å². The number of alkyl carbamates (subject to hydrolysis) is 1. The molecule has 1 amide bonds. The number of aliphatic hydroxyl groups is 1. The van der Waals surface area contributed by atoms with Crippen LogP contribution in [0.1, 0.15) is 58.8 Å². The van der Waals surface area contributed by atoms with Crippen LogP contribution in [0.3, 0.4) is 0 Å². The molecule has 0 spiro atoms. The average Bonchev–Trinajstić information content (AvgIpc) is 3.30. The van der Waals surface area contributed by atoms with Crippen molar-refractivity contribution in [1.29, 1.82) is 0 Å². The molecule has 0 aliphatic rings. The van der Waals surface area contributed by atoms with Gasteiger partial charge in [-0.1, -0.05) is 69.3 Å². The quantitative estimate of drug-likeness (QED) is 0.208. The maximum Gasteiger partial charge on any atom is 0.408 e. The van der Waals surface area contributed by atoms with Crippen LogP contribution in [0.25, 0.3) is 10.9 Å². The largest absolute Gasteiger partial charge is 0.464 e. The van der Waals surface area contributed by atoms with Crippen LogP contribution in [-0.2, 0) is 30.8 Å². The molecule has 0 bridgehead atoms. The lowest BCUT2D eigenvalue weighted by atomic mass is 10.0. The molecule has 218 valence electrons. The zero-order valence-electron chi connectivity index (χ0n) is 25.0. The van der Waals surface area contributed by atoms with Crippen LogP contribution < -0.4 is 5.32 Å². The Hall–Kier alpha value is -3.14. The third-order valence-corrected chi connectivity index (χ3v) is 12.1. The van der Waals surface area contributed by atoms with Crippen molar-refractivity contribution in [2.45, 2.75) is 84.0 Å². The van der Waals surface area contributed by atoms with E-state index in [1.165, 1.54) is 0 Å². The van der Waals surface area contributed by atoms with E-state index in [1.807, 2.05) is 79.2 Å². The third kappa shape index (κ3) is 7.13. The van der Waals surface area contributed by atoms with E-state index in [0.717, 1.165) is 22.0 Å². The van der Waals surface area contributed by atoms with Crippen LogP contribution >= 0.6 is 0 Å². The second-order valence-corrected chi connectivity index (χ2v) is 16.9. The molecule has 0 saturated carbocycles. The minimum absolute atomic E-state index is 0.0555. The van der Waals surface area contributed by atoms with E-state index < -0.39 is 38.1 Å². The average molecular weight is 569 g/mol. The topological polar surface area (TPSA) is 99.0 Å². The van der Waals surface area contributed by atoms with Gasteiger partial charge in [0, 0.05) is 22.7 Å². The number of aliphatic hydroxyl groups excluding tert-OH is 1. The highest BCUT2D eigenvalue weighted by atomic mass is 28.4. The fourth-order valence-electron chi connectivity index (χ4n) is 4.20. The van der Waals surface area contributed by atoms with Crippen LogP contribution in [0.5, 0.6) is 0 Å². The first-order valence-electron chi connectivity index (χ1n) is 13.7. The molecular weight excluding hydrogens is 524 g/mol. The van der Waals surface area contributed by atoms with Gasteiger partial charge >= 0.3 is 12.1 Å². The molecule has 2 N–H and O–H groups in total. The summed E-state index contributed by atoms with van der Waals surface area (Å²) in [7, 11) is -2.50. The van der Waals surface area contributed by atoms with Crippen molar-refractivity contribution in [3.05, 3.63) is 71.9 Å². The van der Waals surface area contributed by atoms with Crippen molar-refractivity contribution in [1.82, 2.24) is 9.88 Å². The summed E-state index contributed by atoms with van der Waals surface area (Å²) in [5.41, 5.74) is 1.81. The minimum atomic E-state index is -2.50. The number of carbonyl (C=O) groups excluding carboxylic acids is 2. The molecule has 8 nitrogen and oxygen atoms in total. The molecule has 0 aliphatic carbocycles. The number of hydrogen-bond acceptors (Lipinski definition) is 6. The summed E-state index contributed by atoms with van der Waals surface area (Å²) in [5, 5.41) is 13.7. The van der Waals surface area contributed by atoms with Crippen molar-refractivity contribution >= 4 is 31.3 Å². The summed E-state index contributed by atoms with van der Waals surface area (Å²) in [6, 6.07) is 16.0. The summed E-state index contributed by atoms with van der Waals surface area (Å²) in [4.78, 5) is 26.6. The number of amides is 1. The summed E-state index contributed by atoms with van der Waals surface area (Å²) in [6.07, 6.45) is 0.303. The van der Waals surface area contributed by atoms with E-state index in [4.69, 9.17) is 13.9 Å². The molecule has 40 heavy (non-hydrogen) atoms. The van der Waals surface area contributed by atoms with E-state index in [-0.39, 0.29) is 24.9 Å². The number of esters is 1. The number of nitrogens with zero attached hydrogens (tertiary/aromatic N) is 1. The highest BCUT2D eigenvalue weighted by Crippen LogP contribution is 2.43. The summed E-state index contributed by atoms with van der Waals surface area (Å²) >= 11 is 0. The first kappa shape index (κ1) is 31.4. The van der Waals surface area contributed by atoms with Crippen LogP contribution in [0.15, 0.2) is 60.8 Å². The number of para-hydroxylation sites is 1. The molecule has 0 unspecified atom stereocenters. The number of hydrogen-bond donors (Lipinski definition) is 2. The van der Waals surface area contributed by atoms with Crippen molar-refractivity contribution in [2.75, 3.05) is 13.2 Å². The van der Waals surface area contributed by atoms with E-state index in [0.29, 0.717) is 0 Å². The zero-order chi connectivity index (χ0) is 29.7. The number of ether oxygens (including phenoxy) is 2. The first-order valence-corrected chi connectivity index (χ1v) is 16.7. The second-order valence-electron chi connectivity index (χ2n) is 12.2. The van der Waals surface area contributed by atoms with Crippen LogP contribution in [-0.4, -0.2) is 49.3 Å². The SMILES string of the molecule is CCOC(=O)[C@@H](NC(=O)OCc1ccccc1)[C@H](O[Si](C)(C)C(C)(C)C)c1cn(C(C)(C)CO)c2ccccc12. The van der Waals surface area contributed by atoms with Gasteiger partial charge in [-0.15, -0.1) is 0 Å². The molecule has 0 radical (unpaired) electrons. The summed E-state index contributed by atoms with van der Waals surface area (Å²) in [6.45, 7) is 16.3. The molecule has 0 aliphatic heterocycles. The maximum absolute atomic E-state index is 13.5. The lowest BCUT2D eigenvalue weighted by Gasteiger charge is -2.41. The molecule has 3 aromatic rings. The highest BCUT2D eigenvalue weighted by Gasteiger charge is 2.45. The molecule has 0 saturated heterocycles. The summed E-state index contributed by atoms with van der Waals surface area (Å²) in [5.74, 6) is -0.610. The van der Waals surface area contributed by atoms with Gasteiger partial charge in [0.2, 0.25) is 0 Å². The fraction of sp³-hybridized carbons (Fsp3) is 0.484. The first-order chi connectivity index (χ1) is 18.7. The van der Waals surface area contributed by atoms with Crippen molar-refractivity contribution in [3.8, 4) is 0 Å². The molecular formula is C31H44N2O6Si. The Kier molecular flexibility index (Phi) is 9.87. The van der Waals surface area contributed by atoms with E-state index in [9.17, 15) is 14.7 Å². The van der Waals surface area contributed by atoms with Crippen LogP contribution in [0.4, 0.5) is 4.79 Å². The van der Waals surface area contributed by atoms with E-state index >= 15 is 0 Å². The Balaban J connectivity index is 2.13. The van der Waals surface area contributed by atoms with Crippen LogP contribution in [0, 0.1) is 0 Å². The van der Waals surface area contributed by atoms with Gasteiger partial charge in [-0.3, -0.25) is 0 Å². The van der Waals surface area contributed by atoms with E-state index in [2.05, 4.69) is 39.2 Å². The van der Waals surface area contributed by atoms with E-state index in [1.54, 1.807) is 6.92 Å². The monoisotopic (exact) mass is 568 g/mol. The second kappa shape index (κ2) is 12.6. The number of benzene rings is 2. The van der Waals surface area contributed by atoms with Gasteiger partial charge in [-0.2, -0.15) is 0 Å². The Morgan fingerprint density at radius 3 is 2.20 bits per heavy atom. The van der Waals surface area contributed by atoms with Gasteiger partial charge in [0.1, 0.15) is 12.7 Å². The lowest BCUT2D eigenvalue weighted by Crippen LogP contribution is -2.51. The summed E-state index contributed by atoms with van der Waals surface area (Å²) < 4.78 is 19.9. The molecule has 9 heteroatoms. The standard InChI is InChI=1S/C31H44N2O6Si/c1-9-37-28(35)26(32-29(36)38-20-22-15-11-10-12-16-22)27(39-40(7,8)30(2,3)4)24-19-33(31(5,6)21-34)25-18-14-13-17-23(24)25/h10-19,26-27,34H,9,20-21H2,1-8H3,(H,32,36)/t26-,27+/m0/s1.